The van der Waals surface area contributed by atoms with Crippen LogP contribution in [0.2, 0.25) is 0 Å². The first-order valence-corrected chi connectivity index (χ1v) is 7.30. The summed E-state index contributed by atoms with van der Waals surface area (Å²) in [7, 11) is 0. The molecule has 2 rings (SSSR count). The number of hydrogen-bond donors (Lipinski definition) is 1. The molecule has 0 radical (unpaired) electrons. The van der Waals surface area contributed by atoms with Crippen molar-refractivity contribution in [2.75, 3.05) is 6.54 Å². The van der Waals surface area contributed by atoms with Crippen LogP contribution in [0.4, 0.5) is 4.39 Å². The molecular formula is C14H18FN3S. The van der Waals surface area contributed by atoms with Gasteiger partial charge < -0.3 is 5.32 Å². The largest absolute Gasteiger partial charge is 0.308 e. The maximum Gasteiger partial charge on any atom is 0.147 e. The smallest absolute Gasteiger partial charge is 0.147 e. The number of hydrogen-bond acceptors (Lipinski definition) is 4. The number of benzene rings is 1. The van der Waals surface area contributed by atoms with Gasteiger partial charge in [-0.15, -0.1) is 10.2 Å². The Morgan fingerprint density at radius 1 is 1.32 bits per heavy atom. The minimum Gasteiger partial charge on any atom is -0.308 e. The molecular weight excluding hydrogens is 261 g/mol. The summed E-state index contributed by atoms with van der Waals surface area (Å²) in [6, 6.07) is 5.41. The number of nitrogens with one attached hydrogen (secondary N) is 1. The van der Waals surface area contributed by atoms with Gasteiger partial charge in [0, 0.05) is 5.56 Å². The van der Waals surface area contributed by atoms with Gasteiger partial charge in [-0.25, -0.2) is 4.39 Å². The van der Waals surface area contributed by atoms with E-state index < -0.39 is 0 Å². The fraction of sp³-hybridized carbons (Fsp3) is 0.429. The second kappa shape index (κ2) is 6.21. The molecule has 1 unspecified atom stereocenters. The van der Waals surface area contributed by atoms with Crippen LogP contribution in [0.15, 0.2) is 18.2 Å². The maximum absolute atomic E-state index is 13.6. The molecule has 0 aliphatic rings. The van der Waals surface area contributed by atoms with E-state index in [2.05, 4.69) is 29.4 Å². The van der Waals surface area contributed by atoms with Crippen LogP contribution in [0.1, 0.15) is 36.9 Å². The summed E-state index contributed by atoms with van der Waals surface area (Å²) in [6.45, 7) is 6.83. The predicted molar refractivity (Wildman–Crippen MR) is 76.7 cm³/mol. The number of nitrogens with zero attached hydrogens (tertiary/aromatic N) is 2. The Morgan fingerprint density at radius 3 is 2.74 bits per heavy atom. The molecule has 0 aliphatic carbocycles. The second-order valence-electron chi connectivity index (χ2n) is 4.43. The molecule has 0 saturated heterocycles. The third-order valence-electron chi connectivity index (χ3n) is 3.02. The molecule has 0 saturated carbocycles. The topological polar surface area (TPSA) is 37.8 Å². The summed E-state index contributed by atoms with van der Waals surface area (Å²) >= 11 is 1.52. The van der Waals surface area contributed by atoms with E-state index >= 15 is 0 Å². The zero-order valence-electron chi connectivity index (χ0n) is 11.4. The van der Waals surface area contributed by atoms with Gasteiger partial charge in [0.2, 0.25) is 0 Å². The summed E-state index contributed by atoms with van der Waals surface area (Å²) in [5.74, 6) is -0.201. The molecule has 5 heteroatoms. The van der Waals surface area contributed by atoms with Crippen molar-refractivity contribution in [1.29, 1.82) is 0 Å². The first kappa shape index (κ1) is 14.1. The first-order valence-electron chi connectivity index (χ1n) is 6.49. The Balaban J connectivity index is 2.27. The van der Waals surface area contributed by atoms with Crippen molar-refractivity contribution >= 4 is 11.3 Å². The lowest BCUT2D eigenvalue weighted by atomic mass is 10.1. The van der Waals surface area contributed by atoms with E-state index in [1.807, 2.05) is 6.07 Å². The molecule has 1 aromatic heterocycles. The molecule has 2 aromatic rings. The average Bonchev–Trinajstić information content (AvgIpc) is 2.88. The minimum atomic E-state index is -0.201. The summed E-state index contributed by atoms with van der Waals surface area (Å²) in [4.78, 5) is 0. The fourth-order valence-electron chi connectivity index (χ4n) is 1.87. The molecule has 1 aromatic carbocycles. The molecule has 1 atom stereocenters. The van der Waals surface area contributed by atoms with Crippen molar-refractivity contribution in [1.82, 2.24) is 15.5 Å². The van der Waals surface area contributed by atoms with E-state index in [4.69, 9.17) is 0 Å². The Kier molecular flexibility index (Phi) is 4.61. The molecule has 0 spiro atoms. The van der Waals surface area contributed by atoms with Crippen LogP contribution in [-0.2, 0) is 0 Å². The molecule has 0 fully saturated rings. The maximum atomic E-state index is 13.6. The zero-order chi connectivity index (χ0) is 13.8. The van der Waals surface area contributed by atoms with Crippen LogP contribution in [0.3, 0.4) is 0 Å². The van der Waals surface area contributed by atoms with Gasteiger partial charge in [0.05, 0.1) is 6.04 Å². The van der Waals surface area contributed by atoms with E-state index in [1.165, 1.54) is 17.4 Å². The van der Waals surface area contributed by atoms with Crippen molar-refractivity contribution in [3.8, 4) is 10.6 Å². The van der Waals surface area contributed by atoms with Crippen LogP contribution >= 0.6 is 11.3 Å². The lowest BCUT2D eigenvalue weighted by molar-refractivity contribution is 0.531. The Labute approximate surface area is 116 Å². The van der Waals surface area contributed by atoms with Gasteiger partial charge in [-0.3, -0.25) is 0 Å². The number of rotatable bonds is 5. The van der Waals surface area contributed by atoms with Crippen LogP contribution in [0.5, 0.6) is 0 Å². The van der Waals surface area contributed by atoms with Crippen molar-refractivity contribution in [2.45, 2.75) is 33.2 Å². The van der Waals surface area contributed by atoms with Crippen molar-refractivity contribution in [3.05, 3.63) is 34.6 Å². The monoisotopic (exact) mass is 279 g/mol. The van der Waals surface area contributed by atoms with Crippen LogP contribution in [0.25, 0.3) is 10.6 Å². The number of aromatic nitrogens is 2. The highest BCUT2D eigenvalue weighted by atomic mass is 32.1. The van der Waals surface area contributed by atoms with Gasteiger partial charge in [0.15, 0.2) is 0 Å². The first-order chi connectivity index (χ1) is 9.15. The van der Waals surface area contributed by atoms with E-state index in [0.29, 0.717) is 5.56 Å². The molecule has 1 N–H and O–H groups in total. The zero-order valence-corrected chi connectivity index (χ0v) is 12.2. The average molecular weight is 279 g/mol. The normalized spacial score (nSPS) is 12.6. The Morgan fingerprint density at radius 2 is 2.11 bits per heavy atom. The quantitative estimate of drug-likeness (QED) is 0.906. The lowest BCUT2D eigenvalue weighted by Crippen LogP contribution is -2.19. The second-order valence-corrected chi connectivity index (χ2v) is 5.44. The van der Waals surface area contributed by atoms with Crippen molar-refractivity contribution in [2.24, 2.45) is 0 Å². The summed E-state index contributed by atoms with van der Waals surface area (Å²) < 4.78 is 13.6. The molecule has 1 heterocycles. The van der Waals surface area contributed by atoms with Gasteiger partial charge in [-0.2, -0.15) is 0 Å². The summed E-state index contributed by atoms with van der Waals surface area (Å²) in [5.41, 5.74) is 1.44. The lowest BCUT2D eigenvalue weighted by Gasteiger charge is -2.10. The van der Waals surface area contributed by atoms with E-state index in [9.17, 15) is 4.39 Å². The summed E-state index contributed by atoms with van der Waals surface area (Å²) in [6.07, 6.45) is 0.963. The van der Waals surface area contributed by atoms with Gasteiger partial charge >= 0.3 is 0 Å². The highest BCUT2D eigenvalue weighted by molar-refractivity contribution is 7.14. The summed E-state index contributed by atoms with van der Waals surface area (Å²) in [5, 5.41) is 13.5. The van der Waals surface area contributed by atoms with Crippen LogP contribution in [-0.4, -0.2) is 16.7 Å². The van der Waals surface area contributed by atoms with Crippen LogP contribution in [0, 0.1) is 12.7 Å². The Hall–Kier alpha value is -1.33. The van der Waals surface area contributed by atoms with E-state index in [-0.39, 0.29) is 11.9 Å². The molecule has 3 nitrogen and oxygen atoms in total. The highest BCUT2D eigenvalue weighted by Crippen LogP contribution is 2.28. The number of aryl methyl sites for hydroxylation is 1. The fourth-order valence-corrected chi connectivity index (χ4v) is 2.87. The van der Waals surface area contributed by atoms with Crippen LogP contribution < -0.4 is 5.32 Å². The van der Waals surface area contributed by atoms with Gasteiger partial charge in [0.25, 0.3) is 0 Å². The molecule has 0 bridgehead atoms. The van der Waals surface area contributed by atoms with E-state index in [0.717, 1.165) is 28.5 Å². The molecule has 0 amide bonds. The minimum absolute atomic E-state index is 0.201. The molecule has 19 heavy (non-hydrogen) atoms. The van der Waals surface area contributed by atoms with Crippen molar-refractivity contribution in [3.63, 3.8) is 0 Å². The van der Waals surface area contributed by atoms with Gasteiger partial charge in [-0.1, -0.05) is 37.3 Å². The molecule has 0 aliphatic heterocycles. The van der Waals surface area contributed by atoms with E-state index in [1.54, 1.807) is 13.0 Å². The SMILES string of the molecule is CCNC(CC)c1nnc(-c2ccc(C)c(F)c2)s1. The third kappa shape index (κ3) is 3.16. The standard InChI is InChI=1S/C14H18FN3S/c1-4-12(16-5-2)14-18-17-13(19-14)10-7-6-9(3)11(15)8-10/h6-8,12,16H,4-5H2,1-3H3. The van der Waals surface area contributed by atoms with Gasteiger partial charge in [-0.05, 0) is 31.5 Å². The van der Waals surface area contributed by atoms with Crippen molar-refractivity contribution < 1.29 is 4.39 Å². The third-order valence-corrected chi connectivity index (χ3v) is 4.10. The Bertz CT molecular complexity index is 553. The predicted octanol–water partition coefficient (Wildman–Crippen LogP) is 3.71. The number of halogens is 1. The molecule has 102 valence electrons. The van der Waals surface area contributed by atoms with Gasteiger partial charge in [0.1, 0.15) is 15.8 Å². The highest BCUT2D eigenvalue weighted by Gasteiger charge is 2.15.